The van der Waals surface area contributed by atoms with Gasteiger partial charge in [-0.3, -0.25) is 4.79 Å². The molecule has 2 heterocycles. The zero-order chi connectivity index (χ0) is 22.9. The van der Waals surface area contributed by atoms with Gasteiger partial charge in [-0.1, -0.05) is 56.7 Å². The lowest BCUT2D eigenvalue weighted by atomic mass is 9.71. The number of nitrogens with zero attached hydrogens (tertiary/aromatic N) is 1. The number of nitrogens with two attached hydrogens (primary N) is 1. The fraction of sp³-hybridized carbons (Fsp3) is 0.462. The van der Waals surface area contributed by atoms with Crippen molar-refractivity contribution in [2.75, 3.05) is 20.1 Å². The zero-order valence-electron chi connectivity index (χ0n) is 19.6. The van der Waals surface area contributed by atoms with E-state index in [9.17, 15) is 4.79 Å². The highest BCUT2D eigenvalue weighted by atomic mass is 32.1. The number of thiophene rings is 1. The lowest BCUT2D eigenvalue weighted by Crippen LogP contribution is -2.27. The van der Waals surface area contributed by atoms with Crippen LogP contribution in [0.4, 0.5) is 0 Å². The molecule has 1 aromatic carbocycles. The number of carbonyl (C=O) groups excluding carboxylic acids is 1. The van der Waals surface area contributed by atoms with Crippen molar-refractivity contribution in [3.05, 3.63) is 64.2 Å². The van der Waals surface area contributed by atoms with E-state index in [0.29, 0.717) is 5.41 Å². The zero-order valence-corrected chi connectivity index (χ0v) is 20.4. The van der Waals surface area contributed by atoms with Crippen LogP contribution >= 0.6 is 11.3 Å². The first kappa shape index (κ1) is 25.2. The first-order chi connectivity index (χ1) is 14.8. The molecule has 3 aromatic rings. The third-order valence-electron chi connectivity index (χ3n) is 5.57. The molecule has 0 amide bonds. The second-order valence-electron chi connectivity index (χ2n) is 9.11. The molecule has 168 valence electrons. The normalized spacial score (nSPS) is 15.2. The molecule has 1 aliphatic carbocycles. The summed E-state index contributed by atoms with van der Waals surface area (Å²) in [6, 6.07) is 14.5. The first-order valence-corrected chi connectivity index (χ1v) is 11.8. The fourth-order valence-corrected chi connectivity index (χ4v) is 4.47. The van der Waals surface area contributed by atoms with Crippen LogP contribution in [0.25, 0.3) is 10.2 Å². The molecule has 0 aliphatic heterocycles. The maximum absolute atomic E-state index is 10.9. The van der Waals surface area contributed by atoms with E-state index in [1.165, 1.54) is 34.6 Å². The van der Waals surface area contributed by atoms with Crippen molar-refractivity contribution in [2.24, 2.45) is 17.1 Å². The first-order valence-electron chi connectivity index (χ1n) is 11.0. The summed E-state index contributed by atoms with van der Waals surface area (Å²) in [5, 5.41) is 4.02. The van der Waals surface area contributed by atoms with Crippen LogP contribution in [0, 0.1) is 18.3 Å². The van der Waals surface area contributed by atoms with Crippen LogP contribution < -0.4 is 11.1 Å². The maximum atomic E-state index is 10.9. The Balaban J connectivity index is 0.000000234. The van der Waals surface area contributed by atoms with Crippen molar-refractivity contribution in [3.8, 4) is 0 Å². The number of pyridine rings is 1. The number of fused-ring (bicyclic) bond motifs is 2. The molecule has 0 fully saturated rings. The van der Waals surface area contributed by atoms with Gasteiger partial charge in [-0.05, 0) is 62.3 Å². The molecule has 0 saturated carbocycles. The van der Waals surface area contributed by atoms with Crippen LogP contribution in [0.1, 0.15) is 53.7 Å². The number of aromatic nitrogens is 1. The van der Waals surface area contributed by atoms with Crippen LogP contribution in [0.5, 0.6) is 0 Å². The molecule has 31 heavy (non-hydrogen) atoms. The molecule has 0 radical (unpaired) electrons. The van der Waals surface area contributed by atoms with Gasteiger partial charge in [0.2, 0.25) is 0 Å². The molecule has 4 nitrogen and oxygen atoms in total. The Hall–Kier alpha value is -2.08. The van der Waals surface area contributed by atoms with Crippen molar-refractivity contribution in [2.45, 2.75) is 47.0 Å². The highest BCUT2D eigenvalue weighted by Gasteiger charge is 2.29. The van der Waals surface area contributed by atoms with Crippen LogP contribution in [-0.4, -0.2) is 31.4 Å². The summed E-state index contributed by atoms with van der Waals surface area (Å²) >= 11 is 1.50. The standard InChI is InChI=1S/C16H19NOS.C7H8.C3H10N2/c1-16(2,3)12-4-5-14-10(7-12)6-11-8-13(9-18)19-15(11)17-14;1-7-5-3-2-4-6-7;1-5-3-2-4/h6,8-9,12H,4-5,7H2,1-3H3;2-6H,1H3;5H,2-4H2,1H3. The topological polar surface area (TPSA) is 68.0 Å². The molecule has 0 spiro atoms. The predicted octanol–water partition coefficient (Wildman–Crippen LogP) is 5.42. The lowest BCUT2D eigenvalue weighted by Gasteiger charge is -2.34. The number of hydrogen-bond donors (Lipinski definition) is 2. The van der Waals surface area contributed by atoms with Gasteiger partial charge in [-0.25, -0.2) is 4.98 Å². The third-order valence-corrected chi connectivity index (χ3v) is 6.54. The molecule has 3 N–H and O–H groups in total. The Morgan fingerprint density at radius 3 is 2.42 bits per heavy atom. The van der Waals surface area contributed by atoms with Gasteiger partial charge in [-0.15, -0.1) is 11.3 Å². The second kappa shape index (κ2) is 12.1. The average Bonchev–Trinajstić information content (AvgIpc) is 3.15. The maximum Gasteiger partial charge on any atom is 0.160 e. The van der Waals surface area contributed by atoms with Crippen molar-refractivity contribution in [1.82, 2.24) is 10.3 Å². The van der Waals surface area contributed by atoms with E-state index in [0.717, 1.165) is 53.2 Å². The molecule has 2 aromatic heterocycles. The summed E-state index contributed by atoms with van der Waals surface area (Å²) in [5.41, 5.74) is 9.38. The number of hydrogen-bond acceptors (Lipinski definition) is 5. The SMILES string of the molecule is CC(C)(C)C1CCc2nc3sc(C=O)cc3cc2C1.CNCCN.Cc1ccccc1. The summed E-state index contributed by atoms with van der Waals surface area (Å²) in [6.07, 6.45) is 4.33. The highest BCUT2D eigenvalue weighted by Crippen LogP contribution is 2.38. The van der Waals surface area contributed by atoms with Gasteiger partial charge in [0, 0.05) is 24.2 Å². The van der Waals surface area contributed by atoms with E-state index in [1.54, 1.807) is 0 Å². The van der Waals surface area contributed by atoms with Gasteiger partial charge in [0.15, 0.2) is 6.29 Å². The smallest absolute Gasteiger partial charge is 0.160 e. The van der Waals surface area contributed by atoms with Crippen molar-refractivity contribution in [3.63, 3.8) is 0 Å². The molecule has 0 saturated heterocycles. The predicted molar refractivity (Wildman–Crippen MR) is 134 cm³/mol. The van der Waals surface area contributed by atoms with Crippen LogP contribution in [0.15, 0.2) is 42.5 Å². The molecule has 4 rings (SSSR count). The monoisotopic (exact) mass is 439 g/mol. The largest absolute Gasteiger partial charge is 0.329 e. The number of benzene rings is 1. The molecular weight excluding hydrogens is 402 g/mol. The number of nitrogens with one attached hydrogen (secondary N) is 1. The summed E-state index contributed by atoms with van der Waals surface area (Å²) < 4.78 is 0. The Kier molecular flexibility index (Phi) is 9.82. The van der Waals surface area contributed by atoms with Gasteiger partial charge in [-0.2, -0.15) is 0 Å². The summed E-state index contributed by atoms with van der Waals surface area (Å²) in [6.45, 7) is 10.7. The van der Waals surface area contributed by atoms with E-state index in [1.807, 2.05) is 31.3 Å². The van der Waals surface area contributed by atoms with E-state index in [-0.39, 0.29) is 0 Å². The summed E-state index contributed by atoms with van der Waals surface area (Å²) in [4.78, 5) is 17.4. The minimum atomic E-state index is 0.356. The van der Waals surface area contributed by atoms with Crippen LogP contribution in [-0.2, 0) is 12.8 Å². The number of likely N-dealkylation sites (N-methyl/N-ethyl adjacent to an activating group) is 1. The fourth-order valence-electron chi connectivity index (χ4n) is 3.62. The van der Waals surface area contributed by atoms with E-state index in [2.05, 4.69) is 51.2 Å². The van der Waals surface area contributed by atoms with Crippen molar-refractivity contribution < 1.29 is 4.79 Å². The lowest BCUT2D eigenvalue weighted by molar-refractivity contribution is 0.112. The van der Waals surface area contributed by atoms with Gasteiger partial charge < -0.3 is 11.1 Å². The average molecular weight is 440 g/mol. The van der Waals surface area contributed by atoms with Crippen molar-refractivity contribution in [1.29, 1.82) is 0 Å². The number of aryl methyl sites for hydroxylation is 2. The number of aldehydes is 1. The Morgan fingerprint density at radius 2 is 1.94 bits per heavy atom. The van der Waals surface area contributed by atoms with Gasteiger partial charge in [0.25, 0.3) is 0 Å². The molecular formula is C26H37N3OS. The van der Waals surface area contributed by atoms with Crippen molar-refractivity contribution >= 4 is 27.8 Å². The summed E-state index contributed by atoms with van der Waals surface area (Å²) in [5.74, 6) is 0.725. The molecule has 1 aliphatic rings. The number of carbonyl (C=O) groups is 1. The minimum absolute atomic E-state index is 0.356. The molecule has 0 bridgehead atoms. The summed E-state index contributed by atoms with van der Waals surface area (Å²) in [7, 11) is 1.88. The van der Waals surface area contributed by atoms with Gasteiger partial charge in [0.1, 0.15) is 4.83 Å². The highest BCUT2D eigenvalue weighted by molar-refractivity contribution is 7.20. The van der Waals surface area contributed by atoms with Crippen LogP contribution in [0.2, 0.25) is 0 Å². The van der Waals surface area contributed by atoms with E-state index in [4.69, 9.17) is 10.7 Å². The quantitative estimate of drug-likeness (QED) is 0.535. The molecule has 5 heteroatoms. The minimum Gasteiger partial charge on any atom is -0.329 e. The third kappa shape index (κ3) is 7.84. The molecule has 1 atom stereocenters. The Bertz CT molecular complexity index is 942. The Morgan fingerprint density at radius 1 is 1.23 bits per heavy atom. The van der Waals surface area contributed by atoms with E-state index >= 15 is 0 Å². The van der Waals surface area contributed by atoms with E-state index < -0.39 is 0 Å². The van der Waals surface area contributed by atoms with Gasteiger partial charge >= 0.3 is 0 Å². The number of rotatable bonds is 3. The second-order valence-corrected chi connectivity index (χ2v) is 10.2. The van der Waals surface area contributed by atoms with Crippen LogP contribution in [0.3, 0.4) is 0 Å². The molecule has 1 unspecified atom stereocenters. The Labute approximate surface area is 191 Å². The van der Waals surface area contributed by atoms with Gasteiger partial charge in [0.05, 0.1) is 4.88 Å².